The molecule has 9 heavy (non-hydrogen) atoms. The predicted octanol–water partition coefficient (Wildman–Crippen LogP) is 0.0356. The molecule has 3 heteroatoms. The van der Waals surface area contributed by atoms with E-state index in [1.54, 1.807) is 0 Å². The van der Waals surface area contributed by atoms with E-state index < -0.39 is 0 Å². The van der Waals surface area contributed by atoms with E-state index in [2.05, 4.69) is 18.3 Å². The normalized spacial score (nSPS) is 11.0. The Morgan fingerprint density at radius 2 is 2.33 bits per heavy atom. The van der Waals surface area contributed by atoms with Gasteiger partial charge in [-0.05, 0) is 12.3 Å². The summed E-state index contributed by atoms with van der Waals surface area (Å²) in [7, 11) is 0. The monoisotopic (exact) mass is 126 g/mol. The third-order valence-electron chi connectivity index (χ3n) is 0.829. The van der Waals surface area contributed by atoms with E-state index in [9.17, 15) is 0 Å². The standard InChI is InChI=1S/C6H10N2O/c1-5(4-9)6(7)3-8-2/h3,9H,1-2,4,7H2/b6-3+. The van der Waals surface area contributed by atoms with Gasteiger partial charge >= 0.3 is 0 Å². The van der Waals surface area contributed by atoms with E-state index in [4.69, 9.17) is 10.8 Å². The van der Waals surface area contributed by atoms with Crippen molar-refractivity contribution < 1.29 is 5.11 Å². The van der Waals surface area contributed by atoms with Gasteiger partial charge in [-0.1, -0.05) is 6.58 Å². The molecule has 50 valence electrons. The summed E-state index contributed by atoms with van der Waals surface area (Å²) < 4.78 is 0. The molecule has 0 fully saturated rings. The summed E-state index contributed by atoms with van der Waals surface area (Å²) >= 11 is 0. The molecule has 0 atom stereocenters. The maximum absolute atomic E-state index is 8.45. The zero-order chi connectivity index (χ0) is 7.28. The minimum atomic E-state index is -0.141. The number of aliphatic imine (C=N–C) groups is 1. The fraction of sp³-hybridized carbons (Fsp3) is 0.167. The molecule has 3 nitrogen and oxygen atoms in total. The lowest BCUT2D eigenvalue weighted by molar-refractivity contribution is 0.333. The second-order valence-corrected chi connectivity index (χ2v) is 1.53. The van der Waals surface area contributed by atoms with Crippen LogP contribution in [0.15, 0.2) is 29.0 Å². The first-order valence-electron chi connectivity index (χ1n) is 2.43. The van der Waals surface area contributed by atoms with Gasteiger partial charge in [-0.15, -0.1) is 0 Å². The number of nitrogens with zero attached hydrogens (tertiary/aromatic N) is 1. The number of aliphatic hydroxyl groups is 1. The molecule has 3 N–H and O–H groups in total. The van der Waals surface area contributed by atoms with Crippen molar-refractivity contribution in [3.63, 3.8) is 0 Å². The summed E-state index contributed by atoms with van der Waals surface area (Å²) in [5, 5.41) is 8.45. The van der Waals surface area contributed by atoms with Crippen LogP contribution in [0.25, 0.3) is 0 Å². The van der Waals surface area contributed by atoms with E-state index >= 15 is 0 Å². The molecule has 0 unspecified atom stereocenters. The topological polar surface area (TPSA) is 58.6 Å². The van der Waals surface area contributed by atoms with Crippen LogP contribution in [0.5, 0.6) is 0 Å². The predicted molar refractivity (Wildman–Crippen MR) is 38.0 cm³/mol. The Labute approximate surface area is 54.2 Å². The Morgan fingerprint density at radius 1 is 1.78 bits per heavy atom. The van der Waals surface area contributed by atoms with Crippen molar-refractivity contribution in [2.75, 3.05) is 6.61 Å². The summed E-state index contributed by atoms with van der Waals surface area (Å²) in [6.45, 7) is 6.51. The molecule has 0 aliphatic rings. The second-order valence-electron chi connectivity index (χ2n) is 1.53. The van der Waals surface area contributed by atoms with E-state index in [0.717, 1.165) is 0 Å². The van der Waals surface area contributed by atoms with Crippen LogP contribution < -0.4 is 5.73 Å². The molecule has 0 amide bonds. The Morgan fingerprint density at radius 3 is 2.67 bits per heavy atom. The summed E-state index contributed by atoms with van der Waals surface area (Å²) in [5.41, 5.74) is 6.13. The second kappa shape index (κ2) is 3.86. The molecule has 0 aromatic rings. The summed E-state index contributed by atoms with van der Waals surface area (Å²) in [5.74, 6) is 0. The molecule has 0 aromatic heterocycles. The van der Waals surface area contributed by atoms with E-state index in [-0.39, 0.29) is 6.61 Å². The molecule has 0 rings (SSSR count). The highest BCUT2D eigenvalue weighted by Crippen LogP contribution is 1.97. The number of aliphatic hydroxyl groups excluding tert-OH is 1. The molecular formula is C6H10N2O. The lowest BCUT2D eigenvalue weighted by Gasteiger charge is -1.97. The summed E-state index contributed by atoms with van der Waals surface area (Å²) in [6.07, 6.45) is 1.35. The Hall–Kier alpha value is -1.09. The van der Waals surface area contributed by atoms with Crippen molar-refractivity contribution in [3.05, 3.63) is 24.0 Å². The molecule has 0 aromatic carbocycles. The van der Waals surface area contributed by atoms with Gasteiger partial charge in [0.05, 0.1) is 12.3 Å². The van der Waals surface area contributed by atoms with Gasteiger partial charge < -0.3 is 10.8 Å². The molecule has 0 saturated heterocycles. The van der Waals surface area contributed by atoms with Crippen molar-refractivity contribution in [3.8, 4) is 0 Å². The SMILES string of the molecule is C=N/C=C(/N)C(=C)CO. The average Bonchev–Trinajstić information content (AvgIpc) is 1.87. The molecule has 0 heterocycles. The fourth-order valence-corrected chi connectivity index (χ4v) is 0.281. The summed E-state index contributed by atoms with van der Waals surface area (Å²) in [6, 6.07) is 0. The van der Waals surface area contributed by atoms with Gasteiger partial charge in [0.2, 0.25) is 0 Å². The molecular weight excluding hydrogens is 116 g/mol. The van der Waals surface area contributed by atoms with Crippen LogP contribution in [-0.4, -0.2) is 18.4 Å². The number of hydrogen-bond donors (Lipinski definition) is 2. The Bertz CT molecular complexity index is 149. The molecule has 0 bridgehead atoms. The van der Waals surface area contributed by atoms with Gasteiger partial charge in [0, 0.05) is 6.20 Å². The number of rotatable bonds is 3. The van der Waals surface area contributed by atoms with Gasteiger partial charge in [-0.2, -0.15) is 0 Å². The maximum atomic E-state index is 8.45. The third-order valence-corrected chi connectivity index (χ3v) is 0.829. The van der Waals surface area contributed by atoms with E-state index in [0.29, 0.717) is 11.3 Å². The van der Waals surface area contributed by atoms with E-state index in [1.807, 2.05) is 0 Å². The van der Waals surface area contributed by atoms with Crippen LogP contribution in [0.4, 0.5) is 0 Å². The zero-order valence-corrected chi connectivity index (χ0v) is 5.17. The van der Waals surface area contributed by atoms with Crippen LogP contribution in [0.2, 0.25) is 0 Å². The van der Waals surface area contributed by atoms with Crippen LogP contribution in [0.3, 0.4) is 0 Å². The molecule has 0 radical (unpaired) electrons. The van der Waals surface area contributed by atoms with Crippen LogP contribution in [0.1, 0.15) is 0 Å². The average molecular weight is 126 g/mol. The highest BCUT2D eigenvalue weighted by molar-refractivity contribution is 5.31. The lowest BCUT2D eigenvalue weighted by atomic mass is 10.2. The number of hydrogen-bond acceptors (Lipinski definition) is 3. The largest absolute Gasteiger partial charge is 0.397 e. The Balaban J connectivity index is 4.01. The van der Waals surface area contributed by atoms with Crippen LogP contribution >= 0.6 is 0 Å². The summed E-state index contributed by atoms with van der Waals surface area (Å²) in [4.78, 5) is 3.40. The minimum absolute atomic E-state index is 0.141. The zero-order valence-electron chi connectivity index (χ0n) is 5.17. The quantitative estimate of drug-likeness (QED) is 0.414. The van der Waals surface area contributed by atoms with E-state index in [1.165, 1.54) is 6.20 Å². The van der Waals surface area contributed by atoms with Crippen molar-refractivity contribution in [2.45, 2.75) is 0 Å². The first-order valence-corrected chi connectivity index (χ1v) is 2.43. The third kappa shape index (κ3) is 2.66. The highest BCUT2D eigenvalue weighted by atomic mass is 16.3. The van der Waals surface area contributed by atoms with Gasteiger partial charge in [0.25, 0.3) is 0 Å². The van der Waals surface area contributed by atoms with Crippen molar-refractivity contribution in [2.24, 2.45) is 10.7 Å². The Kier molecular flexibility index (Phi) is 3.39. The van der Waals surface area contributed by atoms with Gasteiger partial charge in [-0.3, -0.25) is 4.99 Å². The molecule has 0 aliphatic carbocycles. The fourth-order valence-electron chi connectivity index (χ4n) is 0.281. The molecule has 0 aliphatic heterocycles. The first kappa shape index (κ1) is 7.91. The van der Waals surface area contributed by atoms with Crippen LogP contribution in [-0.2, 0) is 0 Å². The van der Waals surface area contributed by atoms with Crippen LogP contribution in [0, 0.1) is 0 Å². The van der Waals surface area contributed by atoms with Gasteiger partial charge in [-0.25, -0.2) is 0 Å². The maximum Gasteiger partial charge on any atom is 0.0696 e. The molecule has 0 spiro atoms. The van der Waals surface area contributed by atoms with Crippen molar-refractivity contribution in [1.82, 2.24) is 0 Å². The number of nitrogens with two attached hydrogens (primary N) is 1. The van der Waals surface area contributed by atoms with Gasteiger partial charge in [0.1, 0.15) is 0 Å². The first-order chi connectivity index (χ1) is 4.22. The lowest BCUT2D eigenvalue weighted by Crippen LogP contribution is -2.02. The highest BCUT2D eigenvalue weighted by Gasteiger charge is 1.91. The minimum Gasteiger partial charge on any atom is -0.397 e. The van der Waals surface area contributed by atoms with Gasteiger partial charge in [0.15, 0.2) is 0 Å². The molecule has 0 saturated carbocycles. The van der Waals surface area contributed by atoms with Crippen molar-refractivity contribution >= 4 is 6.72 Å². The van der Waals surface area contributed by atoms with Crippen molar-refractivity contribution in [1.29, 1.82) is 0 Å². The smallest absolute Gasteiger partial charge is 0.0696 e.